The van der Waals surface area contributed by atoms with Gasteiger partial charge in [0.2, 0.25) is 5.91 Å². The number of nitrogens with one attached hydrogen (secondary N) is 2. The van der Waals surface area contributed by atoms with Crippen LogP contribution in [-0.4, -0.2) is 48.6 Å². The van der Waals surface area contributed by atoms with Gasteiger partial charge in [0.15, 0.2) is 0 Å². The lowest BCUT2D eigenvalue weighted by molar-refractivity contribution is -0.123. The lowest BCUT2D eigenvalue weighted by Gasteiger charge is -2.28. The highest BCUT2D eigenvalue weighted by Crippen LogP contribution is 2.19. The minimum atomic E-state index is -0.0611. The standard InChI is InChI=1S/C18H25N3O3/c22-17-10-4-6-14(20-17)12-19-18(23)21-11-5-7-15(21)13-24-16-8-2-1-3-9-16/h1-3,8-9,14-15H,4-7,10-13H2,(H,19,23)(H,20,22)/t14-,15+/m1/s1. The minimum absolute atomic E-state index is 0.0526. The van der Waals surface area contributed by atoms with E-state index in [4.69, 9.17) is 4.74 Å². The molecule has 6 heteroatoms. The van der Waals surface area contributed by atoms with Crippen molar-refractivity contribution < 1.29 is 14.3 Å². The van der Waals surface area contributed by atoms with Crippen molar-refractivity contribution in [2.45, 2.75) is 44.2 Å². The van der Waals surface area contributed by atoms with Crippen molar-refractivity contribution in [3.63, 3.8) is 0 Å². The summed E-state index contributed by atoms with van der Waals surface area (Å²) < 4.78 is 5.80. The number of para-hydroxylation sites is 1. The SMILES string of the molecule is O=C1CCC[C@H](CNC(=O)N2CCC[C@H]2COc2ccccc2)N1. The molecule has 0 unspecified atom stereocenters. The number of amides is 3. The summed E-state index contributed by atoms with van der Waals surface area (Å²) in [7, 11) is 0. The molecule has 2 atom stereocenters. The monoisotopic (exact) mass is 331 g/mol. The van der Waals surface area contributed by atoms with E-state index >= 15 is 0 Å². The van der Waals surface area contributed by atoms with Gasteiger partial charge in [0.05, 0.1) is 6.04 Å². The third kappa shape index (κ3) is 4.40. The molecule has 0 saturated carbocycles. The number of benzene rings is 1. The molecule has 0 bridgehead atoms. The fraction of sp³-hybridized carbons (Fsp3) is 0.556. The van der Waals surface area contributed by atoms with Gasteiger partial charge in [0.1, 0.15) is 12.4 Å². The third-order valence-corrected chi connectivity index (χ3v) is 4.64. The molecule has 6 nitrogen and oxygen atoms in total. The Hall–Kier alpha value is -2.24. The van der Waals surface area contributed by atoms with Crippen molar-refractivity contribution >= 4 is 11.9 Å². The molecule has 2 aliphatic rings. The molecule has 0 aliphatic carbocycles. The average Bonchev–Trinajstić information content (AvgIpc) is 3.07. The first kappa shape index (κ1) is 16.6. The number of piperidine rings is 1. The molecule has 2 saturated heterocycles. The van der Waals surface area contributed by atoms with Crippen LogP contribution >= 0.6 is 0 Å². The van der Waals surface area contributed by atoms with Crippen molar-refractivity contribution in [3.05, 3.63) is 30.3 Å². The second kappa shape index (κ2) is 8.04. The summed E-state index contributed by atoms with van der Waals surface area (Å²) in [6, 6.07) is 9.76. The van der Waals surface area contributed by atoms with Crippen LogP contribution in [0.5, 0.6) is 5.75 Å². The predicted octanol–water partition coefficient (Wildman–Crippen LogP) is 1.91. The smallest absolute Gasteiger partial charge is 0.317 e. The quantitative estimate of drug-likeness (QED) is 0.866. The van der Waals surface area contributed by atoms with Crippen molar-refractivity contribution in [3.8, 4) is 5.75 Å². The van der Waals surface area contributed by atoms with Crippen molar-refractivity contribution in [1.82, 2.24) is 15.5 Å². The zero-order valence-corrected chi connectivity index (χ0v) is 13.9. The van der Waals surface area contributed by atoms with Crippen LogP contribution < -0.4 is 15.4 Å². The molecule has 130 valence electrons. The summed E-state index contributed by atoms with van der Waals surface area (Å²) in [5.74, 6) is 0.908. The second-order valence-corrected chi connectivity index (χ2v) is 6.46. The minimum Gasteiger partial charge on any atom is -0.491 e. The first-order valence-corrected chi connectivity index (χ1v) is 8.74. The Kier molecular flexibility index (Phi) is 5.56. The molecule has 0 radical (unpaired) electrons. The van der Waals surface area contributed by atoms with Gasteiger partial charge in [-0.2, -0.15) is 0 Å². The summed E-state index contributed by atoms with van der Waals surface area (Å²) in [5.41, 5.74) is 0. The second-order valence-electron chi connectivity index (χ2n) is 6.46. The number of ether oxygens (including phenoxy) is 1. The van der Waals surface area contributed by atoms with E-state index < -0.39 is 0 Å². The van der Waals surface area contributed by atoms with Crippen molar-refractivity contribution in [2.24, 2.45) is 0 Å². The van der Waals surface area contributed by atoms with Gasteiger partial charge in [-0.1, -0.05) is 18.2 Å². The molecule has 3 amide bonds. The molecule has 1 aromatic carbocycles. The summed E-state index contributed by atoms with van der Waals surface area (Å²) in [5, 5.41) is 5.88. The number of hydrogen-bond donors (Lipinski definition) is 2. The van der Waals surface area contributed by atoms with E-state index in [0.717, 1.165) is 38.0 Å². The topological polar surface area (TPSA) is 70.7 Å². The van der Waals surface area contributed by atoms with E-state index in [-0.39, 0.29) is 24.0 Å². The number of carbonyl (C=O) groups excluding carboxylic acids is 2. The van der Waals surface area contributed by atoms with E-state index in [1.807, 2.05) is 35.2 Å². The summed E-state index contributed by atoms with van der Waals surface area (Å²) in [6.45, 7) is 1.76. The lowest BCUT2D eigenvalue weighted by atomic mass is 10.0. The number of hydrogen-bond acceptors (Lipinski definition) is 3. The first-order chi connectivity index (χ1) is 11.7. The van der Waals surface area contributed by atoms with E-state index in [2.05, 4.69) is 10.6 Å². The largest absolute Gasteiger partial charge is 0.491 e. The molecular formula is C18H25N3O3. The fourth-order valence-corrected chi connectivity index (χ4v) is 3.33. The molecule has 1 aromatic rings. The van der Waals surface area contributed by atoms with Crippen molar-refractivity contribution in [2.75, 3.05) is 19.7 Å². The maximum Gasteiger partial charge on any atom is 0.317 e. The maximum atomic E-state index is 12.4. The number of carbonyl (C=O) groups is 2. The highest BCUT2D eigenvalue weighted by atomic mass is 16.5. The number of urea groups is 1. The van der Waals surface area contributed by atoms with Crippen LogP contribution in [0.2, 0.25) is 0 Å². The highest BCUT2D eigenvalue weighted by Gasteiger charge is 2.29. The Morgan fingerprint density at radius 2 is 2.08 bits per heavy atom. The average molecular weight is 331 g/mol. The third-order valence-electron chi connectivity index (χ3n) is 4.64. The van der Waals surface area contributed by atoms with Crippen molar-refractivity contribution in [1.29, 1.82) is 0 Å². The van der Waals surface area contributed by atoms with Crippen LogP contribution in [0.3, 0.4) is 0 Å². The molecule has 2 N–H and O–H groups in total. The normalized spacial score (nSPS) is 23.7. The summed E-state index contributed by atoms with van der Waals surface area (Å²) in [4.78, 5) is 25.7. The summed E-state index contributed by atoms with van der Waals surface area (Å²) >= 11 is 0. The number of nitrogens with zero attached hydrogens (tertiary/aromatic N) is 1. The van der Waals surface area contributed by atoms with Crippen LogP contribution in [0.1, 0.15) is 32.1 Å². The Morgan fingerprint density at radius 1 is 1.25 bits per heavy atom. The Morgan fingerprint density at radius 3 is 2.88 bits per heavy atom. The molecule has 0 spiro atoms. The molecule has 2 fully saturated rings. The molecule has 3 rings (SSSR count). The number of rotatable bonds is 5. The van der Waals surface area contributed by atoms with Gasteiger partial charge in [-0.3, -0.25) is 4.79 Å². The predicted molar refractivity (Wildman–Crippen MR) is 90.8 cm³/mol. The van der Waals surface area contributed by atoms with Crippen LogP contribution in [0.4, 0.5) is 4.79 Å². The van der Waals surface area contributed by atoms with Gasteiger partial charge in [-0.15, -0.1) is 0 Å². The fourth-order valence-electron chi connectivity index (χ4n) is 3.33. The van der Waals surface area contributed by atoms with Gasteiger partial charge in [-0.25, -0.2) is 4.79 Å². The summed E-state index contributed by atoms with van der Waals surface area (Å²) in [6.07, 6.45) is 4.36. The van der Waals surface area contributed by atoms with E-state index in [1.54, 1.807) is 0 Å². The van der Waals surface area contributed by atoms with E-state index in [1.165, 1.54) is 0 Å². The molecule has 2 heterocycles. The van der Waals surface area contributed by atoms with Gasteiger partial charge in [0.25, 0.3) is 0 Å². The molecule has 0 aromatic heterocycles. The molecular weight excluding hydrogens is 306 g/mol. The Labute approximate surface area is 142 Å². The maximum absolute atomic E-state index is 12.4. The highest BCUT2D eigenvalue weighted by molar-refractivity contribution is 5.77. The Balaban J connectivity index is 1.45. The zero-order valence-electron chi connectivity index (χ0n) is 13.9. The first-order valence-electron chi connectivity index (χ1n) is 8.74. The van der Waals surface area contributed by atoms with E-state index in [0.29, 0.717) is 19.6 Å². The molecule has 2 aliphatic heterocycles. The van der Waals surface area contributed by atoms with Crippen LogP contribution in [0.25, 0.3) is 0 Å². The van der Waals surface area contributed by atoms with Gasteiger partial charge >= 0.3 is 6.03 Å². The van der Waals surface area contributed by atoms with E-state index in [9.17, 15) is 9.59 Å². The van der Waals surface area contributed by atoms with Crippen LogP contribution in [0.15, 0.2) is 30.3 Å². The van der Waals surface area contributed by atoms with Gasteiger partial charge in [-0.05, 0) is 37.8 Å². The molecule has 24 heavy (non-hydrogen) atoms. The van der Waals surface area contributed by atoms with Gasteiger partial charge < -0.3 is 20.3 Å². The van der Waals surface area contributed by atoms with Crippen LogP contribution in [-0.2, 0) is 4.79 Å². The lowest BCUT2D eigenvalue weighted by Crippen LogP contribution is -2.50. The number of likely N-dealkylation sites (tertiary alicyclic amines) is 1. The zero-order chi connectivity index (χ0) is 16.8. The Bertz CT molecular complexity index is 564. The van der Waals surface area contributed by atoms with Crippen LogP contribution in [0, 0.1) is 0 Å². The van der Waals surface area contributed by atoms with Gasteiger partial charge in [0, 0.05) is 25.6 Å².